The fourth-order valence-electron chi connectivity index (χ4n) is 3.35. The first kappa shape index (κ1) is 18.0. The molecule has 3 aromatic rings. The van der Waals surface area contributed by atoms with E-state index >= 15 is 0 Å². The minimum Gasteiger partial charge on any atom is -0.483 e. The van der Waals surface area contributed by atoms with Crippen molar-refractivity contribution in [1.82, 2.24) is 10.3 Å². The second kappa shape index (κ2) is 7.32. The van der Waals surface area contributed by atoms with E-state index in [1.54, 1.807) is 6.07 Å². The fraction of sp³-hybridized carbons (Fsp3) is 0.261. The summed E-state index contributed by atoms with van der Waals surface area (Å²) < 4.78 is 11.7. The predicted octanol–water partition coefficient (Wildman–Crippen LogP) is 3.69. The van der Waals surface area contributed by atoms with Gasteiger partial charge in [-0.15, -0.1) is 0 Å². The van der Waals surface area contributed by atoms with Crippen molar-refractivity contribution in [1.29, 1.82) is 0 Å². The zero-order valence-corrected chi connectivity index (χ0v) is 16.0. The van der Waals surface area contributed by atoms with Crippen LogP contribution in [0.2, 0.25) is 0 Å². The van der Waals surface area contributed by atoms with Crippen molar-refractivity contribution in [2.45, 2.75) is 25.9 Å². The number of rotatable bonds is 4. The van der Waals surface area contributed by atoms with Gasteiger partial charge >= 0.3 is 0 Å². The Labute approximate surface area is 164 Å². The standard InChI is InChI=1S/C23H22N2O3/c1-23(2)15-18-6-5-7-20(21(18)28-23)27-13-4-3-11-25-22(26)17-8-9-19-16(14-17)10-12-24-19/h5-10,12,14,24H,11,13,15H2,1-2H3,(H,25,26). The van der Waals surface area contributed by atoms with Gasteiger partial charge in [0, 0.05) is 34.6 Å². The van der Waals surface area contributed by atoms with Gasteiger partial charge in [0.15, 0.2) is 11.5 Å². The van der Waals surface area contributed by atoms with Crippen LogP contribution in [0.25, 0.3) is 10.9 Å². The van der Waals surface area contributed by atoms with Crippen LogP contribution in [0.4, 0.5) is 0 Å². The molecule has 2 aromatic carbocycles. The van der Waals surface area contributed by atoms with E-state index in [1.807, 2.05) is 36.5 Å². The van der Waals surface area contributed by atoms with E-state index in [0.29, 0.717) is 11.3 Å². The normalized spacial score (nSPS) is 13.9. The summed E-state index contributed by atoms with van der Waals surface area (Å²) in [6, 6.07) is 13.4. The molecule has 0 fully saturated rings. The average molecular weight is 374 g/mol. The number of benzene rings is 2. The van der Waals surface area contributed by atoms with E-state index in [-0.39, 0.29) is 24.7 Å². The summed E-state index contributed by atoms with van der Waals surface area (Å²) in [6.45, 7) is 4.63. The summed E-state index contributed by atoms with van der Waals surface area (Å²) in [5, 5.41) is 3.81. The van der Waals surface area contributed by atoms with Crippen LogP contribution in [0, 0.1) is 11.8 Å². The molecule has 0 radical (unpaired) electrons. The topological polar surface area (TPSA) is 63.3 Å². The number of aromatic nitrogens is 1. The van der Waals surface area contributed by atoms with E-state index in [0.717, 1.165) is 28.6 Å². The number of H-pyrrole nitrogens is 1. The van der Waals surface area contributed by atoms with E-state index in [9.17, 15) is 4.79 Å². The number of nitrogens with one attached hydrogen (secondary N) is 2. The molecule has 0 saturated heterocycles. The van der Waals surface area contributed by atoms with Gasteiger partial charge in [-0.2, -0.15) is 0 Å². The fourth-order valence-corrected chi connectivity index (χ4v) is 3.35. The third-order valence-electron chi connectivity index (χ3n) is 4.63. The number of amides is 1. The second-order valence-corrected chi connectivity index (χ2v) is 7.39. The Kier molecular flexibility index (Phi) is 4.70. The number of ether oxygens (including phenoxy) is 2. The van der Waals surface area contributed by atoms with Gasteiger partial charge in [0.25, 0.3) is 5.91 Å². The van der Waals surface area contributed by atoms with Crippen molar-refractivity contribution in [3.8, 4) is 23.3 Å². The smallest absolute Gasteiger partial charge is 0.252 e. The molecule has 5 heteroatoms. The highest BCUT2D eigenvalue weighted by atomic mass is 16.5. The second-order valence-electron chi connectivity index (χ2n) is 7.39. The van der Waals surface area contributed by atoms with E-state index in [2.05, 4.69) is 42.1 Å². The summed E-state index contributed by atoms with van der Waals surface area (Å²) in [6.07, 6.45) is 2.72. The third-order valence-corrected chi connectivity index (χ3v) is 4.63. The quantitative estimate of drug-likeness (QED) is 0.685. The highest BCUT2D eigenvalue weighted by Gasteiger charge is 2.32. The van der Waals surface area contributed by atoms with Crippen LogP contribution < -0.4 is 14.8 Å². The largest absolute Gasteiger partial charge is 0.483 e. The number of aromatic amines is 1. The summed E-state index contributed by atoms with van der Waals surface area (Å²) in [5.74, 6) is 7.22. The molecular weight excluding hydrogens is 352 g/mol. The van der Waals surface area contributed by atoms with Crippen LogP contribution >= 0.6 is 0 Å². The lowest BCUT2D eigenvalue weighted by atomic mass is 10.0. The molecule has 1 amide bonds. The molecule has 2 heterocycles. The van der Waals surface area contributed by atoms with Crippen molar-refractivity contribution < 1.29 is 14.3 Å². The molecule has 0 unspecified atom stereocenters. The zero-order chi connectivity index (χ0) is 19.6. The van der Waals surface area contributed by atoms with Gasteiger partial charge in [-0.1, -0.05) is 24.0 Å². The molecule has 0 saturated carbocycles. The maximum absolute atomic E-state index is 12.2. The number of para-hydroxylation sites is 1. The molecule has 1 aliphatic rings. The highest BCUT2D eigenvalue weighted by molar-refractivity contribution is 5.98. The minimum absolute atomic E-state index is 0.144. The number of carbonyl (C=O) groups excluding carboxylic acids is 1. The highest BCUT2D eigenvalue weighted by Crippen LogP contribution is 2.41. The lowest BCUT2D eigenvalue weighted by Gasteiger charge is -2.17. The summed E-state index contributed by atoms with van der Waals surface area (Å²) in [5.41, 5.74) is 2.57. The number of hydrogen-bond donors (Lipinski definition) is 2. The Morgan fingerprint density at radius 1 is 1.25 bits per heavy atom. The Balaban J connectivity index is 1.28. The number of fused-ring (bicyclic) bond motifs is 2. The Bertz CT molecular complexity index is 1090. The van der Waals surface area contributed by atoms with Gasteiger partial charge < -0.3 is 19.8 Å². The molecule has 0 atom stereocenters. The maximum atomic E-state index is 12.2. The molecule has 142 valence electrons. The van der Waals surface area contributed by atoms with Crippen LogP contribution in [0.15, 0.2) is 48.7 Å². The average Bonchev–Trinajstić information content (AvgIpc) is 3.26. The van der Waals surface area contributed by atoms with Crippen LogP contribution in [0.5, 0.6) is 11.5 Å². The third kappa shape index (κ3) is 3.81. The first-order valence-electron chi connectivity index (χ1n) is 9.27. The van der Waals surface area contributed by atoms with Crippen molar-refractivity contribution in [3.05, 3.63) is 59.8 Å². The molecule has 5 nitrogen and oxygen atoms in total. The zero-order valence-electron chi connectivity index (χ0n) is 16.0. The molecular formula is C23H22N2O3. The van der Waals surface area contributed by atoms with Gasteiger partial charge in [-0.05, 0) is 44.2 Å². The molecule has 0 aliphatic carbocycles. The van der Waals surface area contributed by atoms with Crippen molar-refractivity contribution in [2.24, 2.45) is 0 Å². The number of hydrogen-bond acceptors (Lipinski definition) is 3. The van der Waals surface area contributed by atoms with Crippen molar-refractivity contribution in [2.75, 3.05) is 13.2 Å². The van der Waals surface area contributed by atoms with Crippen LogP contribution in [-0.4, -0.2) is 29.6 Å². The van der Waals surface area contributed by atoms with Crippen molar-refractivity contribution in [3.63, 3.8) is 0 Å². The van der Waals surface area contributed by atoms with E-state index in [1.165, 1.54) is 0 Å². The SMILES string of the molecule is CC1(C)Cc2cccc(OCC#CCNC(=O)c3ccc4[nH]ccc4c3)c2O1. The molecule has 0 bridgehead atoms. The van der Waals surface area contributed by atoms with E-state index in [4.69, 9.17) is 9.47 Å². The van der Waals surface area contributed by atoms with E-state index < -0.39 is 0 Å². The predicted molar refractivity (Wildman–Crippen MR) is 109 cm³/mol. The Morgan fingerprint density at radius 2 is 2.14 bits per heavy atom. The molecule has 28 heavy (non-hydrogen) atoms. The van der Waals surface area contributed by atoms with Crippen LogP contribution in [-0.2, 0) is 6.42 Å². The maximum Gasteiger partial charge on any atom is 0.252 e. The first-order chi connectivity index (χ1) is 13.5. The first-order valence-corrected chi connectivity index (χ1v) is 9.27. The van der Waals surface area contributed by atoms with Gasteiger partial charge in [0.2, 0.25) is 0 Å². The lowest BCUT2D eigenvalue weighted by molar-refractivity contribution is 0.0958. The monoisotopic (exact) mass is 374 g/mol. The molecule has 1 aromatic heterocycles. The van der Waals surface area contributed by atoms with Crippen LogP contribution in [0.1, 0.15) is 29.8 Å². The summed E-state index contributed by atoms with van der Waals surface area (Å²) in [7, 11) is 0. The summed E-state index contributed by atoms with van der Waals surface area (Å²) >= 11 is 0. The molecule has 2 N–H and O–H groups in total. The number of carbonyl (C=O) groups is 1. The van der Waals surface area contributed by atoms with Gasteiger partial charge in [-0.3, -0.25) is 4.79 Å². The van der Waals surface area contributed by atoms with Gasteiger partial charge in [-0.25, -0.2) is 0 Å². The molecule has 0 spiro atoms. The van der Waals surface area contributed by atoms with Crippen molar-refractivity contribution >= 4 is 16.8 Å². The van der Waals surface area contributed by atoms with Gasteiger partial charge in [0.1, 0.15) is 12.2 Å². The summed E-state index contributed by atoms with van der Waals surface area (Å²) in [4.78, 5) is 15.3. The van der Waals surface area contributed by atoms with Crippen LogP contribution in [0.3, 0.4) is 0 Å². The van der Waals surface area contributed by atoms with Gasteiger partial charge in [0.05, 0.1) is 6.54 Å². The lowest BCUT2D eigenvalue weighted by Crippen LogP contribution is -2.24. The minimum atomic E-state index is -0.207. The Hall–Kier alpha value is -3.39. The Morgan fingerprint density at radius 3 is 3.04 bits per heavy atom. The molecule has 4 rings (SSSR count). The molecule has 1 aliphatic heterocycles.